The van der Waals surface area contributed by atoms with Gasteiger partial charge in [-0.3, -0.25) is 4.79 Å². The van der Waals surface area contributed by atoms with Crippen molar-refractivity contribution in [1.29, 1.82) is 0 Å². The molecule has 2 aromatic rings. The van der Waals surface area contributed by atoms with E-state index in [2.05, 4.69) is 10.6 Å². The second-order valence-corrected chi connectivity index (χ2v) is 6.91. The molecule has 1 aliphatic heterocycles. The number of carbonyl (C=O) groups is 1. The number of hydrogen-bond donors (Lipinski definition) is 2. The number of carbonyl (C=O) groups excluding carboxylic acids is 1. The topological polar surface area (TPSA) is 68.8 Å². The van der Waals surface area contributed by atoms with Gasteiger partial charge in [-0.2, -0.15) is 0 Å². The molecule has 6 nitrogen and oxygen atoms in total. The molecule has 1 unspecified atom stereocenters. The van der Waals surface area contributed by atoms with Gasteiger partial charge in [0.2, 0.25) is 5.91 Å². The van der Waals surface area contributed by atoms with Gasteiger partial charge >= 0.3 is 0 Å². The summed E-state index contributed by atoms with van der Waals surface area (Å²) < 4.78 is 16.5. The molecule has 7 heteroatoms. The van der Waals surface area contributed by atoms with Crippen LogP contribution in [0.3, 0.4) is 0 Å². The van der Waals surface area contributed by atoms with Gasteiger partial charge in [0.25, 0.3) is 0 Å². The fraction of sp³-hybridized carbons (Fsp3) is 0.333. The quantitative estimate of drug-likeness (QED) is 0.695. The predicted molar refractivity (Wildman–Crippen MR) is 112 cm³/mol. The molecule has 0 spiro atoms. The van der Waals surface area contributed by atoms with Crippen LogP contribution in [0.25, 0.3) is 0 Å². The van der Waals surface area contributed by atoms with Crippen molar-refractivity contribution in [3.05, 3.63) is 54.1 Å². The average molecular weight is 401 g/mol. The van der Waals surface area contributed by atoms with E-state index in [-0.39, 0.29) is 23.5 Å². The standard InChI is InChI=1S/C21H24N2O4S/c1-25-17-9-7-15(8-10-17)12-20(24)23-21(28)22-16-4-2-5-18(13-16)27-14-19-6-3-11-26-19/h2,4-5,7-10,13,19H,3,6,11-12,14H2,1H3,(H2,22,23,24,28). The van der Waals surface area contributed by atoms with Crippen LogP contribution in [0.5, 0.6) is 11.5 Å². The van der Waals surface area contributed by atoms with Crippen LogP contribution in [-0.2, 0) is 16.0 Å². The third-order valence-electron chi connectivity index (χ3n) is 4.33. The second kappa shape index (κ2) is 10.1. The van der Waals surface area contributed by atoms with Crippen LogP contribution in [0, 0.1) is 0 Å². The van der Waals surface area contributed by atoms with Crippen LogP contribution in [0.4, 0.5) is 5.69 Å². The molecule has 1 aliphatic rings. The van der Waals surface area contributed by atoms with E-state index in [0.29, 0.717) is 6.61 Å². The molecule has 0 radical (unpaired) electrons. The first-order valence-electron chi connectivity index (χ1n) is 9.20. The zero-order chi connectivity index (χ0) is 19.8. The molecule has 1 heterocycles. The molecular weight excluding hydrogens is 376 g/mol. The van der Waals surface area contributed by atoms with Crippen molar-refractivity contribution in [2.75, 3.05) is 25.6 Å². The van der Waals surface area contributed by atoms with E-state index in [1.165, 1.54) is 0 Å². The normalized spacial score (nSPS) is 15.7. The lowest BCUT2D eigenvalue weighted by molar-refractivity contribution is -0.119. The molecule has 2 N–H and O–H groups in total. The highest BCUT2D eigenvalue weighted by Gasteiger charge is 2.16. The summed E-state index contributed by atoms with van der Waals surface area (Å²) in [5.74, 6) is 1.30. The zero-order valence-corrected chi connectivity index (χ0v) is 16.6. The monoisotopic (exact) mass is 400 g/mol. The Kier molecular flexibility index (Phi) is 7.22. The number of benzene rings is 2. The molecule has 2 aromatic carbocycles. The van der Waals surface area contributed by atoms with Gasteiger partial charge in [-0.15, -0.1) is 0 Å². The molecular formula is C21H24N2O4S. The van der Waals surface area contributed by atoms with Crippen LogP contribution in [-0.4, -0.2) is 37.4 Å². The molecule has 1 fully saturated rings. The van der Waals surface area contributed by atoms with Gasteiger partial charge in [0.15, 0.2) is 5.11 Å². The van der Waals surface area contributed by atoms with E-state index in [4.69, 9.17) is 26.4 Å². The van der Waals surface area contributed by atoms with Crippen LogP contribution in [0.2, 0.25) is 0 Å². The molecule has 1 amide bonds. The second-order valence-electron chi connectivity index (χ2n) is 6.50. The SMILES string of the molecule is COc1ccc(CC(=O)NC(=S)Nc2cccc(OCC3CCCO3)c2)cc1. The summed E-state index contributed by atoms with van der Waals surface area (Å²) in [6.45, 7) is 1.34. The summed E-state index contributed by atoms with van der Waals surface area (Å²) in [4.78, 5) is 12.2. The highest BCUT2D eigenvalue weighted by molar-refractivity contribution is 7.80. The van der Waals surface area contributed by atoms with E-state index in [1.54, 1.807) is 7.11 Å². The first-order chi connectivity index (χ1) is 13.6. The minimum Gasteiger partial charge on any atom is -0.497 e. The maximum atomic E-state index is 12.2. The van der Waals surface area contributed by atoms with Gasteiger partial charge in [0.05, 0.1) is 19.6 Å². The number of nitrogens with one attached hydrogen (secondary N) is 2. The predicted octanol–water partition coefficient (Wildman–Crippen LogP) is 3.31. The number of anilines is 1. The molecule has 28 heavy (non-hydrogen) atoms. The number of hydrogen-bond acceptors (Lipinski definition) is 5. The molecule has 148 valence electrons. The highest BCUT2D eigenvalue weighted by atomic mass is 32.1. The Morgan fingerprint density at radius 2 is 2.04 bits per heavy atom. The van der Waals surface area contributed by atoms with Crippen molar-refractivity contribution in [3.63, 3.8) is 0 Å². The van der Waals surface area contributed by atoms with Gasteiger partial charge in [-0.25, -0.2) is 0 Å². The largest absolute Gasteiger partial charge is 0.497 e. The summed E-state index contributed by atoms with van der Waals surface area (Å²) in [7, 11) is 1.61. The zero-order valence-electron chi connectivity index (χ0n) is 15.8. The summed E-state index contributed by atoms with van der Waals surface area (Å²) in [6.07, 6.45) is 2.51. The van der Waals surface area contributed by atoms with E-state index in [0.717, 1.165) is 42.2 Å². The van der Waals surface area contributed by atoms with Gasteiger partial charge < -0.3 is 24.8 Å². The molecule has 0 aromatic heterocycles. The number of ether oxygens (including phenoxy) is 3. The van der Waals surface area contributed by atoms with E-state index < -0.39 is 0 Å². The van der Waals surface area contributed by atoms with Crippen molar-refractivity contribution in [2.24, 2.45) is 0 Å². The van der Waals surface area contributed by atoms with Gasteiger partial charge in [0.1, 0.15) is 18.1 Å². The lowest BCUT2D eigenvalue weighted by atomic mass is 10.1. The smallest absolute Gasteiger partial charge is 0.230 e. The summed E-state index contributed by atoms with van der Waals surface area (Å²) in [6, 6.07) is 14.8. The fourth-order valence-corrected chi connectivity index (χ4v) is 3.12. The first-order valence-corrected chi connectivity index (χ1v) is 9.61. The molecule has 0 aliphatic carbocycles. The highest BCUT2D eigenvalue weighted by Crippen LogP contribution is 2.19. The Labute approximate surface area is 170 Å². The van der Waals surface area contributed by atoms with Crippen molar-refractivity contribution < 1.29 is 19.0 Å². The fourth-order valence-electron chi connectivity index (χ4n) is 2.89. The number of thiocarbonyl (C=S) groups is 1. The van der Waals surface area contributed by atoms with Crippen LogP contribution >= 0.6 is 12.2 Å². The third kappa shape index (κ3) is 6.21. The van der Waals surface area contributed by atoms with Crippen LogP contribution in [0.15, 0.2) is 48.5 Å². The van der Waals surface area contributed by atoms with Crippen LogP contribution < -0.4 is 20.1 Å². The Balaban J connectivity index is 1.46. The van der Waals surface area contributed by atoms with Crippen molar-refractivity contribution >= 4 is 28.9 Å². The summed E-state index contributed by atoms with van der Waals surface area (Å²) >= 11 is 5.24. The molecule has 1 saturated heterocycles. The van der Waals surface area contributed by atoms with E-state index in [1.807, 2.05) is 48.5 Å². The van der Waals surface area contributed by atoms with Gasteiger partial charge in [0, 0.05) is 18.4 Å². The van der Waals surface area contributed by atoms with Gasteiger partial charge in [-0.1, -0.05) is 18.2 Å². The number of rotatable bonds is 7. The third-order valence-corrected chi connectivity index (χ3v) is 4.53. The number of methoxy groups -OCH3 is 1. The summed E-state index contributed by atoms with van der Waals surface area (Å²) in [5.41, 5.74) is 1.63. The minimum atomic E-state index is -0.187. The maximum Gasteiger partial charge on any atom is 0.230 e. The Bertz CT molecular complexity index is 804. The first kappa shape index (κ1) is 20.1. The van der Waals surface area contributed by atoms with Crippen molar-refractivity contribution in [3.8, 4) is 11.5 Å². The lowest BCUT2D eigenvalue weighted by Crippen LogP contribution is -2.35. The van der Waals surface area contributed by atoms with E-state index >= 15 is 0 Å². The average Bonchev–Trinajstić information content (AvgIpc) is 3.21. The molecule has 1 atom stereocenters. The Morgan fingerprint density at radius 3 is 2.75 bits per heavy atom. The van der Waals surface area contributed by atoms with Crippen molar-refractivity contribution in [1.82, 2.24) is 5.32 Å². The van der Waals surface area contributed by atoms with Crippen molar-refractivity contribution in [2.45, 2.75) is 25.4 Å². The summed E-state index contributed by atoms with van der Waals surface area (Å²) in [5, 5.41) is 5.95. The van der Waals surface area contributed by atoms with E-state index in [9.17, 15) is 4.79 Å². The maximum absolute atomic E-state index is 12.2. The molecule has 3 rings (SSSR count). The Hall–Kier alpha value is -2.64. The molecule has 0 bridgehead atoms. The van der Waals surface area contributed by atoms with Crippen LogP contribution in [0.1, 0.15) is 18.4 Å². The lowest BCUT2D eigenvalue weighted by Gasteiger charge is -2.13. The number of amides is 1. The molecule has 0 saturated carbocycles. The Morgan fingerprint density at radius 1 is 1.21 bits per heavy atom. The minimum absolute atomic E-state index is 0.162. The van der Waals surface area contributed by atoms with Gasteiger partial charge in [-0.05, 0) is 54.9 Å².